The normalized spacial score (nSPS) is 28.0. The van der Waals surface area contributed by atoms with E-state index in [1.54, 1.807) is 0 Å². The topological polar surface area (TPSA) is 60.9 Å². The summed E-state index contributed by atoms with van der Waals surface area (Å²) in [6.45, 7) is 2.53. The van der Waals surface area contributed by atoms with Gasteiger partial charge < -0.3 is 14.9 Å². The summed E-state index contributed by atoms with van der Waals surface area (Å²) in [6, 6.07) is 0.447. The van der Waals surface area contributed by atoms with Gasteiger partial charge in [0.1, 0.15) is 0 Å². The van der Waals surface area contributed by atoms with E-state index in [2.05, 4.69) is 0 Å². The molecular formula is C16H28N2O3. The number of carboxylic acid groups (broad SMARTS) is 1. The van der Waals surface area contributed by atoms with Crippen molar-refractivity contribution in [1.82, 2.24) is 9.80 Å². The Morgan fingerprint density at radius 1 is 1.10 bits per heavy atom. The zero-order chi connectivity index (χ0) is 15.4. The average molecular weight is 296 g/mol. The third-order valence-electron chi connectivity index (χ3n) is 5.15. The molecule has 0 bridgehead atoms. The highest BCUT2D eigenvalue weighted by molar-refractivity contribution is 5.76. The van der Waals surface area contributed by atoms with Gasteiger partial charge in [0.25, 0.3) is 0 Å². The number of piperidine rings is 1. The molecule has 0 aromatic rings. The lowest BCUT2D eigenvalue weighted by atomic mass is 9.92. The maximum absolute atomic E-state index is 12.7. The fourth-order valence-electron chi connectivity index (χ4n) is 3.68. The summed E-state index contributed by atoms with van der Waals surface area (Å²) in [5.74, 6) is -1.03. The highest BCUT2D eigenvalue weighted by Crippen LogP contribution is 2.26. The van der Waals surface area contributed by atoms with Crippen LogP contribution in [-0.2, 0) is 4.79 Å². The van der Waals surface area contributed by atoms with Crippen LogP contribution in [0.25, 0.3) is 0 Å². The molecule has 0 aromatic heterocycles. The van der Waals surface area contributed by atoms with E-state index in [-0.39, 0.29) is 18.0 Å². The molecule has 2 rings (SSSR count). The van der Waals surface area contributed by atoms with Crippen molar-refractivity contribution in [3.63, 3.8) is 0 Å². The number of rotatable bonds is 2. The minimum Gasteiger partial charge on any atom is -0.481 e. The van der Waals surface area contributed by atoms with Crippen molar-refractivity contribution < 1.29 is 14.7 Å². The lowest BCUT2D eigenvalue weighted by Gasteiger charge is -2.40. The van der Waals surface area contributed by atoms with Gasteiger partial charge in [0.15, 0.2) is 0 Å². The monoisotopic (exact) mass is 296 g/mol. The summed E-state index contributed by atoms with van der Waals surface area (Å²) < 4.78 is 0. The first-order chi connectivity index (χ1) is 10.0. The van der Waals surface area contributed by atoms with E-state index < -0.39 is 5.97 Å². The molecule has 1 saturated carbocycles. The number of nitrogens with zero attached hydrogens (tertiary/aromatic N) is 2. The smallest absolute Gasteiger partial charge is 0.320 e. The number of hydrogen-bond acceptors (Lipinski definition) is 2. The molecular weight excluding hydrogens is 268 g/mol. The van der Waals surface area contributed by atoms with Gasteiger partial charge in [0, 0.05) is 25.7 Å². The standard InChI is InChI=1S/C16H28N2O3/c1-12-11-13(15(19)20)9-10-18(12)16(21)17(2)14-7-5-3-4-6-8-14/h12-14H,3-11H2,1-2H3,(H,19,20). The Hall–Kier alpha value is -1.26. The lowest BCUT2D eigenvalue weighted by molar-refractivity contribution is -0.143. The highest BCUT2D eigenvalue weighted by atomic mass is 16.4. The van der Waals surface area contributed by atoms with Crippen LogP contribution in [0.4, 0.5) is 4.79 Å². The van der Waals surface area contributed by atoms with Crippen molar-refractivity contribution in [2.24, 2.45) is 5.92 Å². The zero-order valence-electron chi connectivity index (χ0n) is 13.3. The number of amides is 2. The Balaban J connectivity index is 1.94. The molecule has 0 radical (unpaired) electrons. The van der Waals surface area contributed by atoms with Gasteiger partial charge in [-0.2, -0.15) is 0 Å². The van der Waals surface area contributed by atoms with Crippen molar-refractivity contribution in [2.75, 3.05) is 13.6 Å². The summed E-state index contributed by atoms with van der Waals surface area (Å²) in [4.78, 5) is 27.6. The Labute approximate surface area is 127 Å². The molecule has 2 fully saturated rings. The molecule has 0 spiro atoms. The highest BCUT2D eigenvalue weighted by Gasteiger charge is 2.34. The zero-order valence-corrected chi connectivity index (χ0v) is 13.3. The molecule has 2 aliphatic rings. The first kappa shape index (κ1) is 16.1. The number of likely N-dealkylation sites (tertiary alicyclic amines) is 1. The molecule has 1 aliphatic heterocycles. The van der Waals surface area contributed by atoms with Crippen LogP contribution in [-0.4, -0.2) is 52.6 Å². The van der Waals surface area contributed by atoms with Crippen molar-refractivity contribution in [1.29, 1.82) is 0 Å². The molecule has 0 aromatic carbocycles. The molecule has 1 aliphatic carbocycles. The largest absolute Gasteiger partial charge is 0.481 e. The van der Waals surface area contributed by atoms with Gasteiger partial charge in [0.05, 0.1) is 5.92 Å². The number of aliphatic carboxylic acids is 1. The molecule has 1 heterocycles. The summed E-state index contributed by atoms with van der Waals surface area (Å²) in [7, 11) is 1.91. The third-order valence-corrected chi connectivity index (χ3v) is 5.15. The Kier molecular flexibility index (Phi) is 5.48. The molecule has 5 nitrogen and oxygen atoms in total. The Bertz CT molecular complexity index is 378. The number of carbonyl (C=O) groups is 2. The van der Waals surface area contributed by atoms with Gasteiger partial charge in [-0.15, -0.1) is 0 Å². The molecule has 2 amide bonds. The second-order valence-electron chi connectivity index (χ2n) is 6.64. The van der Waals surface area contributed by atoms with Crippen LogP contribution in [0.5, 0.6) is 0 Å². The number of carboxylic acids is 1. The van der Waals surface area contributed by atoms with Crippen LogP contribution in [0.15, 0.2) is 0 Å². The molecule has 2 atom stereocenters. The van der Waals surface area contributed by atoms with Crippen LogP contribution in [0, 0.1) is 5.92 Å². The van der Waals surface area contributed by atoms with E-state index in [4.69, 9.17) is 5.11 Å². The van der Waals surface area contributed by atoms with Crippen molar-refractivity contribution >= 4 is 12.0 Å². The second-order valence-corrected chi connectivity index (χ2v) is 6.64. The first-order valence-electron chi connectivity index (χ1n) is 8.27. The van der Waals surface area contributed by atoms with Gasteiger partial charge in [-0.05, 0) is 32.6 Å². The predicted molar refractivity (Wildman–Crippen MR) is 81.2 cm³/mol. The van der Waals surface area contributed by atoms with Crippen LogP contribution < -0.4 is 0 Å². The van der Waals surface area contributed by atoms with Gasteiger partial charge in [0.2, 0.25) is 0 Å². The van der Waals surface area contributed by atoms with Gasteiger partial charge in [-0.3, -0.25) is 4.79 Å². The summed E-state index contributed by atoms with van der Waals surface area (Å²) in [5.41, 5.74) is 0. The van der Waals surface area contributed by atoms with Gasteiger partial charge >= 0.3 is 12.0 Å². The third kappa shape index (κ3) is 3.89. The molecule has 1 N–H and O–H groups in total. The fraction of sp³-hybridized carbons (Fsp3) is 0.875. The van der Waals surface area contributed by atoms with Crippen molar-refractivity contribution in [3.05, 3.63) is 0 Å². The van der Waals surface area contributed by atoms with E-state index in [9.17, 15) is 9.59 Å². The molecule has 120 valence electrons. The minimum atomic E-state index is -0.730. The fourth-order valence-corrected chi connectivity index (χ4v) is 3.68. The Morgan fingerprint density at radius 3 is 2.24 bits per heavy atom. The van der Waals surface area contributed by atoms with E-state index in [1.165, 1.54) is 25.7 Å². The van der Waals surface area contributed by atoms with Gasteiger partial charge in [-0.1, -0.05) is 25.7 Å². The van der Waals surface area contributed by atoms with Gasteiger partial charge in [-0.25, -0.2) is 4.79 Å². The first-order valence-corrected chi connectivity index (χ1v) is 8.27. The summed E-state index contributed by atoms with van der Waals surface area (Å²) >= 11 is 0. The van der Waals surface area contributed by atoms with Crippen LogP contribution in [0.2, 0.25) is 0 Å². The summed E-state index contributed by atoms with van der Waals surface area (Å²) in [6.07, 6.45) is 8.31. The average Bonchev–Trinajstić information content (AvgIpc) is 2.74. The maximum Gasteiger partial charge on any atom is 0.320 e. The predicted octanol–water partition coefficient (Wildman–Crippen LogP) is 2.95. The van der Waals surface area contributed by atoms with Crippen molar-refractivity contribution in [3.8, 4) is 0 Å². The lowest BCUT2D eigenvalue weighted by Crippen LogP contribution is -2.52. The summed E-state index contributed by atoms with van der Waals surface area (Å²) in [5, 5.41) is 9.11. The minimum absolute atomic E-state index is 0.0144. The molecule has 1 saturated heterocycles. The number of urea groups is 1. The Morgan fingerprint density at radius 2 is 1.71 bits per heavy atom. The molecule has 5 heteroatoms. The van der Waals surface area contributed by atoms with E-state index in [0.29, 0.717) is 25.4 Å². The van der Waals surface area contributed by atoms with Crippen LogP contribution in [0.3, 0.4) is 0 Å². The van der Waals surface area contributed by atoms with E-state index in [1.807, 2.05) is 23.8 Å². The van der Waals surface area contributed by atoms with E-state index in [0.717, 1.165) is 12.8 Å². The number of hydrogen-bond donors (Lipinski definition) is 1. The molecule has 21 heavy (non-hydrogen) atoms. The van der Waals surface area contributed by atoms with Crippen LogP contribution in [0.1, 0.15) is 58.3 Å². The quantitative estimate of drug-likeness (QED) is 0.797. The molecule has 2 unspecified atom stereocenters. The second kappa shape index (κ2) is 7.14. The SMILES string of the molecule is CC1CC(C(=O)O)CCN1C(=O)N(C)C1CCCCCC1. The van der Waals surface area contributed by atoms with Crippen LogP contribution >= 0.6 is 0 Å². The number of carbonyl (C=O) groups excluding carboxylic acids is 1. The van der Waals surface area contributed by atoms with E-state index >= 15 is 0 Å². The van der Waals surface area contributed by atoms with Crippen molar-refractivity contribution in [2.45, 2.75) is 70.4 Å². The maximum atomic E-state index is 12.7.